The van der Waals surface area contributed by atoms with E-state index in [1.54, 1.807) is 36.6 Å². The Morgan fingerprint density at radius 2 is 2.03 bits per heavy atom. The van der Waals surface area contributed by atoms with Crippen LogP contribution in [0.2, 0.25) is 0 Å². The number of fused-ring (bicyclic) bond motifs is 1. The van der Waals surface area contributed by atoms with E-state index < -0.39 is 16.1 Å². The van der Waals surface area contributed by atoms with E-state index in [4.69, 9.17) is 14.1 Å². The lowest BCUT2D eigenvalue weighted by atomic mass is 10.1. The Balaban J connectivity index is 0.00000336. The molecule has 1 atom stereocenters. The van der Waals surface area contributed by atoms with Gasteiger partial charge in [0.15, 0.2) is 5.58 Å². The summed E-state index contributed by atoms with van der Waals surface area (Å²) in [6.07, 6.45) is 2.76. The predicted octanol–water partition coefficient (Wildman–Crippen LogP) is 4.54. The maximum absolute atomic E-state index is 12.6. The lowest BCUT2D eigenvalue weighted by molar-refractivity contribution is 0.0104. The predicted molar refractivity (Wildman–Crippen MR) is 149 cm³/mol. The zero-order valence-electron chi connectivity index (χ0n) is 21.0. The summed E-state index contributed by atoms with van der Waals surface area (Å²) in [4.78, 5) is 15.0. The normalized spacial score (nSPS) is 15.2. The van der Waals surface area contributed by atoms with Gasteiger partial charge in [-0.2, -0.15) is 0 Å². The summed E-state index contributed by atoms with van der Waals surface area (Å²) in [7, 11) is -2.28. The number of nitrogens with one attached hydrogen (secondary N) is 2. The molecule has 5 rings (SSSR count). The van der Waals surface area contributed by atoms with Gasteiger partial charge in [0.1, 0.15) is 27.6 Å². The number of hydrogen-bond acceptors (Lipinski definition) is 10. The van der Waals surface area contributed by atoms with Crippen molar-refractivity contribution in [2.45, 2.75) is 30.8 Å². The molecule has 0 bridgehead atoms. The Morgan fingerprint density at radius 1 is 1.21 bits per heavy atom. The molecule has 38 heavy (non-hydrogen) atoms. The second-order valence-electron chi connectivity index (χ2n) is 8.63. The number of rotatable bonds is 9. The molecule has 2 aromatic carbocycles. The molecule has 0 aliphatic carbocycles. The minimum absolute atomic E-state index is 0. The molecule has 10 nitrogen and oxygen atoms in total. The second-order valence-corrected chi connectivity index (χ2v) is 11.3. The van der Waals surface area contributed by atoms with Gasteiger partial charge in [-0.1, -0.05) is 46.5 Å². The Labute approximate surface area is 231 Å². The summed E-state index contributed by atoms with van der Waals surface area (Å²) >= 11 is 1.62. The van der Waals surface area contributed by atoms with Gasteiger partial charge in [-0.25, -0.2) is 13.4 Å². The van der Waals surface area contributed by atoms with E-state index in [1.807, 2.05) is 25.3 Å². The fraction of sp³-hybridized carbons (Fsp3) is 0.360. The molecule has 1 aliphatic rings. The highest BCUT2D eigenvalue weighted by Gasteiger charge is 2.26. The molecule has 2 aromatic heterocycles. The molecule has 13 heteroatoms. The summed E-state index contributed by atoms with van der Waals surface area (Å²) in [5.41, 5.74) is 1.82. The van der Waals surface area contributed by atoms with E-state index in [0.717, 1.165) is 48.2 Å². The van der Waals surface area contributed by atoms with Crippen LogP contribution in [0.15, 0.2) is 58.1 Å². The highest BCUT2D eigenvalue weighted by molar-refractivity contribution is 7.89. The summed E-state index contributed by atoms with van der Waals surface area (Å²) in [6, 6.07) is 11.8. The first-order chi connectivity index (χ1) is 18.0. The number of methoxy groups -OCH3 is 1. The van der Waals surface area contributed by atoms with Crippen LogP contribution in [0.4, 0.5) is 5.00 Å². The van der Waals surface area contributed by atoms with Crippen LogP contribution in [0.3, 0.4) is 0 Å². The smallest absolute Gasteiger partial charge is 0.262 e. The minimum Gasteiger partial charge on any atom is -0.496 e. The first kappa shape index (κ1) is 28.3. The number of hydrogen-bond donors (Lipinski definition) is 2. The van der Waals surface area contributed by atoms with Crippen molar-refractivity contribution < 1.29 is 22.5 Å². The molecule has 1 aliphatic heterocycles. The number of anilines is 1. The fourth-order valence-corrected chi connectivity index (χ4v) is 6.09. The maximum atomic E-state index is 12.6. The van der Waals surface area contributed by atoms with Crippen molar-refractivity contribution in [3.8, 4) is 16.3 Å². The number of ether oxygens (including phenoxy) is 1. The van der Waals surface area contributed by atoms with Crippen LogP contribution in [0.25, 0.3) is 21.5 Å². The number of thiazole rings is 1. The van der Waals surface area contributed by atoms with Crippen molar-refractivity contribution in [1.82, 2.24) is 20.3 Å². The third-order valence-corrected chi connectivity index (χ3v) is 8.52. The van der Waals surface area contributed by atoms with Gasteiger partial charge in [0.05, 0.1) is 23.6 Å². The first-order valence-electron chi connectivity index (χ1n) is 12.1. The molecule has 0 radical (unpaired) electrons. The van der Waals surface area contributed by atoms with Crippen molar-refractivity contribution in [3.63, 3.8) is 0 Å². The van der Waals surface area contributed by atoms with Gasteiger partial charge in [0.25, 0.3) is 10.0 Å². The third kappa shape index (κ3) is 5.95. The van der Waals surface area contributed by atoms with Crippen LogP contribution >= 0.6 is 23.7 Å². The van der Waals surface area contributed by atoms with E-state index in [1.165, 1.54) is 12.1 Å². The Hall–Kier alpha value is -2.74. The molecule has 204 valence electrons. The van der Waals surface area contributed by atoms with Crippen LogP contribution in [-0.4, -0.2) is 51.8 Å². The van der Waals surface area contributed by atoms with Crippen molar-refractivity contribution in [2.24, 2.45) is 0 Å². The quantitative estimate of drug-likeness (QED) is 0.275. The van der Waals surface area contributed by atoms with Gasteiger partial charge in [-0.3, -0.25) is 4.84 Å². The van der Waals surface area contributed by atoms with Gasteiger partial charge in [-0.05, 0) is 43.7 Å². The number of nitrogens with zero attached hydrogens (tertiary/aromatic N) is 3. The van der Waals surface area contributed by atoms with Gasteiger partial charge in [-0.15, -0.1) is 12.4 Å². The van der Waals surface area contributed by atoms with E-state index in [-0.39, 0.29) is 17.3 Å². The van der Waals surface area contributed by atoms with E-state index >= 15 is 0 Å². The standard InChI is InChI=1S/C25H29N5O5S2.ClH/c1-3-19(35-29-37(31,32)18-8-5-4-6-9-18)24-23-20(33-2)14-17(15-21(23)34-28-24)25-27-16-22(36-25)30-12-7-10-26-11-13-30;/h4-6,8-9,14-16,19,26,29H,3,7,10-13H2,1-2H3;1H. The van der Waals surface area contributed by atoms with Gasteiger partial charge < -0.3 is 19.5 Å². The number of halogens is 1. The molecule has 1 saturated heterocycles. The summed E-state index contributed by atoms with van der Waals surface area (Å²) in [5, 5.41) is 10.3. The monoisotopic (exact) mass is 579 g/mol. The molecule has 1 fully saturated rings. The highest BCUT2D eigenvalue weighted by Crippen LogP contribution is 2.40. The number of aromatic nitrogens is 2. The van der Waals surface area contributed by atoms with Crippen molar-refractivity contribution in [3.05, 3.63) is 54.4 Å². The summed E-state index contributed by atoms with van der Waals surface area (Å²) in [6.45, 7) is 5.80. The number of sulfonamides is 1. The van der Waals surface area contributed by atoms with Crippen LogP contribution in [0.1, 0.15) is 31.6 Å². The Kier molecular flexibility index (Phi) is 9.23. The number of benzene rings is 2. The SMILES string of the molecule is CCC(ONS(=O)(=O)c1ccccc1)c1noc2cc(-c3ncc(N4CCCNCC4)s3)cc(OC)c12.Cl. The van der Waals surface area contributed by atoms with Gasteiger partial charge in [0.2, 0.25) is 0 Å². The van der Waals surface area contributed by atoms with Crippen LogP contribution in [-0.2, 0) is 14.9 Å². The van der Waals surface area contributed by atoms with Gasteiger partial charge in [0, 0.05) is 25.2 Å². The maximum Gasteiger partial charge on any atom is 0.262 e. The van der Waals surface area contributed by atoms with Crippen molar-refractivity contribution in [2.75, 3.05) is 38.2 Å². The lowest BCUT2D eigenvalue weighted by Crippen LogP contribution is -2.26. The third-order valence-electron chi connectivity index (χ3n) is 6.21. The van der Waals surface area contributed by atoms with Crippen LogP contribution < -0.4 is 19.8 Å². The average Bonchev–Trinajstić information content (AvgIpc) is 3.49. The largest absolute Gasteiger partial charge is 0.496 e. The molecular formula is C25H30ClN5O5S2. The van der Waals surface area contributed by atoms with Crippen LogP contribution in [0, 0.1) is 0 Å². The molecular weight excluding hydrogens is 550 g/mol. The average molecular weight is 580 g/mol. The molecule has 4 aromatic rings. The van der Waals surface area contributed by atoms with Crippen LogP contribution in [0.5, 0.6) is 5.75 Å². The Bertz CT molecular complexity index is 1450. The molecule has 0 amide bonds. The highest BCUT2D eigenvalue weighted by atomic mass is 35.5. The second kappa shape index (κ2) is 12.4. The molecule has 1 unspecified atom stereocenters. The fourth-order valence-electron chi connectivity index (χ4n) is 4.28. The van der Waals surface area contributed by atoms with Crippen molar-refractivity contribution >= 4 is 49.7 Å². The Morgan fingerprint density at radius 3 is 2.79 bits per heavy atom. The van der Waals surface area contributed by atoms with E-state index in [9.17, 15) is 8.42 Å². The summed E-state index contributed by atoms with van der Waals surface area (Å²) in [5.74, 6) is 0.549. The zero-order chi connectivity index (χ0) is 25.8. The zero-order valence-corrected chi connectivity index (χ0v) is 23.5. The minimum atomic E-state index is -3.85. The van der Waals surface area contributed by atoms with Crippen molar-refractivity contribution in [1.29, 1.82) is 0 Å². The molecule has 2 N–H and O–H groups in total. The molecule has 3 heterocycles. The van der Waals surface area contributed by atoms with E-state index in [0.29, 0.717) is 28.8 Å². The van der Waals surface area contributed by atoms with E-state index in [2.05, 4.69) is 25.2 Å². The van der Waals surface area contributed by atoms with Gasteiger partial charge >= 0.3 is 0 Å². The molecule has 0 saturated carbocycles. The first-order valence-corrected chi connectivity index (χ1v) is 14.4. The lowest BCUT2D eigenvalue weighted by Gasteiger charge is -2.19. The molecule has 0 spiro atoms. The summed E-state index contributed by atoms with van der Waals surface area (Å²) < 4.78 is 36.6. The topological polar surface area (TPSA) is 119 Å².